The molecule has 1 amide bonds. The van der Waals surface area contributed by atoms with Gasteiger partial charge in [-0.15, -0.1) is 11.8 Å². The van der Waals surface area contributed by atoms with E-state index in [4.69, 9.17) is 5.11 Å². The normalized spacial score (nSPS) is 12.9. The van der Waals surface area contributed by atoms with Crippen molar-refractivity contribution in [3.8, 4) is 0 Å². The number of carbonyl (C=O) groups excluding carboxylic acids is 1. The fraction of sp³-hybridized carbons (Fsp3) is 0.385. The maximum Gasteiger partial charge on any atom is 0.316 e. The van der Waals surface area contributed by atoms with Gasteiger partial charge in [0.05, 0.1) is 15.9 Å². The number of amides is 1. The lowest BCUT2D eigenvalue weighted by Crippen LogP contribution is -2.22. The van der Waals surface area contributed by atoms with Crippen LogP contribution in [0.4, 0.5) is 5.69 Å². The first-order chi connectivity index (χ1) is 10.1. The fourth-order valence-corrected chi connectivity index (χ4v) is 2.91. The Kier molecular flexibility index (Phi) is 6.39. The van der Waals surface area contributed by atoms with Crippen LogP contribution in [0.2, 0.25) is 0 Å². The summed E-state index contributed by atoms with van der Waals surface area (Å²) in [6.07, 6.45) is 0. The van der Waals surface area contributed by atoms with Crippen LogP contribution in [0.5, 0.6) is 0 Å². The summed E-state index contributed by atoms with van der Waals surface area (Å²) in [6, 6.07) is 5.77. The first kappa shape index (κ1) is 18.5. The molecule has 1 rings (SSSR count). The van der Waals surface area contributed by atoms with Crippen LogP contribution >= 0.6 is 11.8 Å². The van der Waals surface area contributed by atoms with Crippen molar-refractivity contribution in [3.63, 3.8) is 0 Å². The van der Waals surface area contributed by atoms with E-state index in [1.54, 1.807) is 0 Å². The summed E-state index contributed by atoms with van der Waals surface area (Å²) in [7, 11) is -0.629. The van der Waals surface area contributed by atoms with Crippen molar-refractivity contribution in [1.82, 2.24) is 4.31 Å². The minimum atomic E-state index is -3.50. The van der Waals surface area contributed by atoms with E-state index in [2.05, 4.69) is 5.32 Å². The van der Waals surface area contributed by atoms with Crippen LogP contribution in [-0.2, 0) is 19.6 Å². The Hall–Kier alpha value is -1.58. The van der Waals surface area contributed by atoms with E-state index >= 15 is 0 Å². The number of carbonyl (C=O) groups is 2. The molecule has 122 valence electrons. The highest BCUT2D eigenvalue weighted by molar-refractivity contribution is 8.01. The largest absolute Gasteiger partial charge is 0.480 e. The number of nitrogens with zero attached hydrogens (tertiary/aromatic N) is 1. The summed E-state index contributed by atoms with van der Waals surface area (Å²) in [5, 5.41) is 10.6. The number of rotatable bonds is 7. The molecule has 1 atom stereocenters. The smallest absolute Gasteiger partial charge is 0.316 e. The van der Waals surface area contributed by atoms with Crippen LogP contribution in [0.25, 0.3) is 0 Å². The van der Waals surface area contributed by atoms with E-state index in [1.807, 2.05) is 0 Å². The molecule has 0 bridgehead atoms. The van der Waals surface area contributed by atoms with E-state index in [9.17, 15) is 18.0 Å². The number of benzene rings is 1. The van der Waals surface area contributed by atoms with Gasteiger partial charge in [0.1, 0.15) is 0 Å². The van der Waals surface area contributed by atoms with Crippen molar-refractivity contribution in [2.45, 2.75) is 17.1 Å². The molecule has 9 heteroatoms. The van der Waals surface area contributed by atoms with Crippen LogP contribution in [0.15, 0.2) is 29.2 Å². The maximum absolute atomic E-state index is 11.9. The summed E-state index contributed by atoms with van der Waals surface area (Å²) in [4.78, 5) is 22.5. The molecule has 0 fully saturated rings. The Labute approximate surface area is 133 Å². The topological polar surface area (TPSA) is 104 Å². The van der Waals surface area contributed by atoms with Crippen molar-refractivity contribution in [2.75, 3.05) is 25.2 Å². The molecule has 1 aromatic rings. The molecule has 0 aromatic heterocycles. The molecule has 22 heavy (non-hydrogen) atoms. The zero-order valence-corrected chi connectivity index (χ0v) is 14.1. The van der Waals surface area contributed by atoms with Crippen molar-refractivity contribution in [1.29, 1.82) is 0 Å². The summed E-state index contributed by atoms with van der Waals surface area (Å²) in [5.74, 6) is -1.32. The summed E-state index contributed by atoms with van der Waals surface area (Å²) in [5.41, 5.74) is 0.450. The standard InChI is InChI=1S/C13H18N2O5S2/c1-9(13(17)18)21-8-12(16)14-10-4-6-11(7-5-10)22(19,20)15(2)3/h4-7,9H,8H2,1-3H3,(H,14,16)(H,17,18)/t9-/m1/s1. The Morgan fingerprint density at radius 3 is 2.27 bits per heavy atom. The summed E-state index contributed by atoms with van der Waals surface area (Å²) >= 11 is 1.01. The Balaban J connectivity index is 2.65. The highest BCUT2D eigenvalue weighted by Crippen LogP contribution is 2.17. The number of nitrogens with one attached hydrogen (secondary N) is 1. The molecule has 7 nitrogen and oxygen atoms in total. The second kappa shape index (κ2) is 7.61. The van der Waals surface area contributed by atoms with Crippen molar-refractivity contribution in [3.05, 3.63) is 24.3 Å². The van der Waals surface area contributed by atoms with Gasteiger partial charge in [0.15, 0.2) is 0 Å². The summed E-state index contributed by atoms with van der Waals surface area (Å²) < 4.78 is 24.9. The van der Waals surface area contributed by atoms with Gasteiger partial charge in [-0.2, -0.15) is 0 Å². The van der Waals surface area contributed by atoms with Gasteiger partial charge in [0, 0.05) is 19.8 Å². The Morgan fingerprint density at radius 2 is 1.82 bits per heavy atom. The van der Waals surface area contributed by atoms with Gasteiger partial charge >= 0.3 is 5.97 Å². The second-order valence-electron chi connectivity index (χ2n) is 4.65. The van der Waals surface area contributed by atoms with Crippen LogP contribution in [-0.4, -0.2) is 54.8 Å². The second-order valence-corrected chi connectivity index (χ2v) is 8.13. The van der Waals surface area contributed by atoms with Crippen LogP contribution in [0, 0.1) is 0 Å². The third-order valence-corrected chi connectivity index (χ3v) is 5.69. The van der Waals surface area contributed by atoms with E-state index in [0.29, 0.717) is 5.69 Å². The number of hydrogen-bond donors (Lipinski definition) is 2. The SMILES string of the molecule is C[C@@H](SCC(=O)Nc1ccc(S(=O)(=O)N(C)C)cc1)C(=O)O. The zero-order valence-electron chi connectivity index (χ0n) is 12.4. The molecular weight excluding hydrogens is 328 g/mol. The lowest BCUT2D eigenvalue weighted by molar-refractivity contribution is -0.136. The van der Waals surface area contributed by atoms with Crippen molar-refractivity contribution < 1.29 is 23.1 Å². The molecule has 2 N–H and O–H groups in total. The van der Waals surface area contributed by atoms with Gasteiger partial charge in [-0.05, 0) is 31.2 Å². The quantitative estimate of drug-likeness (QED) is 0.766. The molecule has 0 saturated carbocycles. The lowest BCUT2D eigenvalue weighted by atomic mass is 10.3. The first-order valence-corrected chi connectivity index (χ1v) is 8.80. The number of thioether (sulfide) groups is 1. The zero-order chi connectivity index (χ0) is 16.9. The fourth-order valence-electron chi connectivity index (χ4n) is 1.39. The highest BCUT2D eigenvalue weighted by atomic mass is 32.2. The Bertz CT molecular complexity index is 641. The number of carboxylic acid groups (broad SMARTS) is 1. The molecule has 0 unspecified atom stereocenters. The minimum Gasteiger partial charge on any atom is -0.480 e. The third-order valence-electron chi connectivity index (χ3n) is 2.73. The molecule has 1 aromatic carbocycles. The number of sulfonamides is 1. The third kappa shape index (κ3) is 5.00. The molecule has 0 aliphatic rings. The number of aliphatic carboxylic acids is 1. The van der Waals surface area contributed by atoms with E-state index in [0.717, 1.165) is 16.1 Å². The average molecular weight is 346 g/mol. The minimum absolute atomic E-state index is 0.00517. The van der Waals surface area contributed by atoms with Crippen molar-refractivity contribution >= 4 is 39.3 Å². The van der Waals surface area contributed by atoms with Gasteiger partial charge in [0.2, 0.25) is 15.9 Å². The number of carboxylic acids is 1. The molecule has 0 heterocycles. The van der Waals surface area contributed by atoms with Gasteiger partial charge in [-0.25, -0.2) is 12.7 Å². The van der Waals surface area contributed by atoms with E-state index < -0.39 is 21.2 Å². The lowest BCUT2D eigenvalue weighted by Gasteiger charge is -2.12. The molecule has 0 aliphatic heterocycles. The predicted molar refractivity (Wildman–Crippen MR) is 85.5 cm³/mol. The van der Waals surface area contributed by atoms with Gasteiger partial charge < -0.3 is 10.4 Å². The van der Waals surface area contributed by atoms with Gasteiger partial charge in [-0.1, -0.05) is 0 Å². The predicted octanol–water partition coefficient (Wildman–Crippen LogP) is 1.08. The molecule has 0 radical (unpaired) electrons. The summed E-state index contributed by atoms with van der Waals surface area (Å²) in [6.45, 7) is 1.50. The van der Waals surface area contributed by atoms with Gasteiger partial charge in [0.25, 0.3) is 0 Å². The molecule has 0 saturated heterocycles. The van der Waals surface area contributed by atoms with E-state index in [-0.39, 0.29) is 16.6 Å². The monoisotopic (exact) mass is 346 g/mol. The molecule has 0 spiro atoms. The van der Waals surface area contributed by atoms with Crippen LogP contribution in [0.1, 0.15) is 6.92 Å². The number of hydrogen-bond acceptors (Lipinski definition) is 5. The number of anilines is 1. The maximum atomic E-state index is 11.9. The molecular formula is C13H18N2O5S2. The van der Waals surface area contributed by atoms with Crippen LogP contribution < -0.4 is 5.32 Å². The van der Waals surface area contributed by atoms with E-state index in [1.165, 1.54) is 45.3 Å². The van der Waals surface area contributed by atoms with Crippen molar-refractivity contribution in [2.24, 2.45) is 0 Å². The first-order valence-electron chi connectivity index (χ1n) is 6.31. The van der Waals surface area contributed by atoms with Crippen LogP contribution in [0.3, 0.4) is 0 Å². The van der Waals surface area contributed by atoms with Gasteiger partial charge in [-0.3, -0.25) is 9.59 Å². The average Bonchev–Trinajstić information content (AvgIpc) is 2.45. The Morgan fingerprint density at radius 1 is 1.27 bits per heavy atom. The molecule has 0 aliphatic carbocycles. The highest BCUT2D eigenvalue weighted by Gasteiger charge is 2.17.